The topological polar surface area (TPSA) is 85.7 Å². The van der Waals surface area contributed by atoms with Crippen molar-refractivity contribution in [3.05, 3.63) is 69.5 Å². The average Bonchev–Trinajstić information content (AvgIpc) is 3.39. The maximum atomic E-state index is 12.1. The molecule has 1 unspecified atom stereocenters. The third-order valence-corrected chi connectivity index (χ3v) is 14.3. The van der Waals surface area contributed by atoms with Crippen LogP contribution in [0.2, 0.25) is 18.1 Å². The van der Waals surface area contributed by atoms with Gasteiger partial charge in [0.2, 0.25) is 0 Å². The fourth-order valence-electron chi connectivity index (χ4n) is 6.03. The number of aliphatic hydroxyl groups excluding tert-OH is 1. The van der Waals surface area contributed by atoms with Crippen molar-refractivity contribution in [1.82, 2.24) is 4.98 Å². The zero-order chi connectivity index (χ0) is 31.3. The lowest BCUT2D eigenvalue weighted by molar-refractivity contribution is 0.105. The van der Waals surface area contributed by atoms with Gasteiger partial charge in [-0.2, -0.15) is 8.42 Å². The predicted molar refractivity (Wildman–Crippen MR) is 173 cm³/mol. The smallest absolute Gasteiger partial charge is 0.264 e. The molecular formula is C34H51NO5SSi. The standard InChI is InChI=1S/C34H51NO5SSi/c1-22(2)31-30(32(36)25-17-15-23(16-18-25)21-39-41(8,37)38)28(24-13-11-12-14-24)29-26(35-31)19-34(6,7)20-27(29)40-42(9,10)33(3,4)5/h13,15-18,22,27,32,36H,11-12,14,19-21H2,1-10H3/t27-,32?/m1/s1. The van der Waals surface area contributed by atoms with E-state index in [-0.39, 0.29) is 29.1 Å². The monoisotopic (exact) mass is 613 g/mol. The third-order valence-electron chi connectivity index (χ3n) is 9.25. The first-order valence-electron chi connectivity index (χ1n) is 15.3. The molecule has 0 amide bonds. The molecule has 232 valence electrons. The summed E-state index contributed by atoms with van der Waals surface area (Å²) >= 11 is 0. The molecule has 4 rings (SSSR count). The zero-order valence-corrected chi connectivity index (χ0v) is 29.1. The van der Waals surface area contributed by atoms with Gasteiger partial charge < -0.3 is 9.53 Å². The molecule has 1 aromatic carbocycles. The first-order valence-corrected chi connectivity index (χ1v) is 20.1. The van der Waals surface area contributed by atoms with Crippen LogP contribution in [0.1, 0.15) is 131 Å². The Labute approximate surface area is 255 Å². The summed E-state index contributed by atoms with van der Waals surface area (Å²) in [6.07, 6.45) is 7.34. The Bertz CT molecular complexity index is 1440. The second kappa shape index (κ2) is 11.9. The number of pyridine rings is 1. The van der Waals surface area contributed by atoms with E-state index < -0.39 is 24.5 Å². The van der Waals surface area contributed by atoms with E-state index in [1.54, 1.807) is 0 Å². The molecule has 0 fully saturated rings. The Kier molecular flexibility index (Phi) is 9.38. The minimum absolute atomic E-state index is 0.0345. The minimum atomic E-state index is -3.54. The molecule has 0 aliphatic heterocycles. The van der Waals surface area contributed by atoms with E-state index in [0.717, 1.165) is 72.0 Å². The highest BCUT2D eigenvalue weighted by atomic mass is 32.2. The van der Waals surface area contributed by atoms with Crippen LogP contribution in [0.3, 0.4) is 0 Å². The summed E-state index contributed by atoms with van der Waals surface area (Å²) in [4.78, 5) is 5.36. The maximum Gasteiger partial charge on any atom is 0.264 e. The number of aliphatic hydroxyl groups is 1. The van der Waals surface area contributed by atoms with E-state index in [1.807, 2.05) is 24.3 Å². The number of benzene rings is 1. The summed E-state index contributed by atoms with van der Waals surface area (Å²) in [5.74, 6) is 0.118. The van der Waals surface area contributed by atoms with Crippen LogP contribution in [0.5, 0.6) is 0 Å². The summed E-state index contributed by atoms with van der Waals surface area (Å²) < 4.78 is 35.2. The number of rotatable bonds is 9. The van der Waals surface area contributed by atoms with Gasteiger partial charge in [0.1, 0.15) is 6.10 Å². The van der Waals surface area contributed by atoms with Crippen molar-refractivity contribution in [2.24, 2.45) is 5.41 Å². The van der Waals surface area contributed by atoms with Crippen LogP contribution in [0.4, 0.5) is 0 Å². The number of hydrogen-bond donors (Lipinski definition) is 1. The van der Waals surface area contributed by atoms with Gasteiger partial charge in [-0.15, -0.1) is 0 Å². The van der Waals surface area contributed by atoms with Gasteiger partial charge in [0.25, 0.3) is 10.1 Å². The van der Waals surface area contributed by atoms with E-state index in [1.165, 1.54) is 11.1 Å². The molecule has 6 nitrogen and oxygen atoms in total. The van der Waals surface area contributed by atoms with E-state index in [4.69, 9.17) is 13.6 Å². The molecule has 0 bridgehead atoms. The van der Waals surface area contributed by atoms with Gasteiger partial charge in [-0.05, 0) is 83.8 Å². The summed E-state index contributed by atoms with van der Waals surface area (Å²) in [7, 11) is -5.66. The SMILES string of the molecule is CC(C)c1nc2c(c(C3=CCCC3)c1C(O)c1ccc(COS(C)(=O)=O)cc1)[C@H](O[Si](C)(C)C(C)(C)C)CC(C)(C)C2. The van der Waals surface area contributed by atoms with E-state index in [2.05, 4.69) is 67.6 Å². The summed E-state index contributed by atoms with van der Waals surface area (Å²) in [5, 5.41) is 12.2. The number of nitrogens with zero attached hydrogens (tertiary/aromatic N) is 1. The Morgan fingerprint density at radius 3 is 2.31 bits per heavy atom. The van der Waals surface area contributed by atoms with Gasteiger partial charge >= 0.3 is 0 Å². The molecule has 0 spiro atoms. The number of hydrogen-bond acceptors (Lipinski definition) is 6. The molecule has 1 aromatic heterocycles. The van der Waals surface area contributed by atoms with Crippen molar-refractivity contribution < 1.29 is 22.1 Å². The van der Waals surface area contributed by atoms with Gasteiger partial charge in [0.05, 0.1) is 19.0 Å². The van der Waals surface area contributed by atoms with Crippen LogP contribution in [0.25, 0.3) is 5.57 Å². The first-order chi connectivity index (χ1) is 19.3. The highest BCUT2D eigenvalue weighted by molar-refractivity contribution is 7.85. The van der Waals surface area contributed by atoms with E-state index >= 15 is 0 Å². The first kappa shape index (κ1) is 33.1. The van der Waals surface area contributed by atoms with Gasteiger partial charge in [-0.25, -0.2) is 0 Å². The number of aromatic nitrogens is 1. The van der Waals surface area contributed by atoms with Crippen molar-refractivity contribution in [1.29, 1.82) is 0 Å². The molecule has 1 heterocycles. The molecule has 0 saturated heterocycles. The molecule has 2 aliphatic rings. The van der Waals surface area contributed by atoms with Crippen LogP contribution in [0.15, 0.2) is 30.3 Å². The van der Waals surface area contributed by atoms with Crippen LogP contribution < -0.4 is 0 Å². The molecule has 2 aliphatic carbocycles. The van der Waals surface area contributed by atoms with Crippen LogP contribution in [-0.2, 0) is 31.8 Å². The zero-order valence-electron chi connectivity index (χ0n) is 27.3. The molecule has 2 atom stereocenters. The largest absolute Gasteiger partial charge is 0.410 e. The molecule has 0 saturated carbocycles. The normalized spacial score (nSPS) is 20.0. The van der Waals surface area contributed by atoms with E-state index in [9.17, 15) is 13.5 Å². The lowest BCUT2D eigenvalue weighted by Crippen LogP contribution is -2.44. The Morgan fingerprint density at radius 2 is 1.79 bits per heavy atom. The fraction of sp³-hybridized carbons (Fsp3) is 0.618. The number of allylic oxidation sites excluding steroid dienone is 2. The lowest BCUT2D eigenvalue weighted by atomic mass is 9.71. The molecule has 1 N–H and O–H groups in total. The summed E-state index contributed by atoms with van der Waals surface area (Å²) in [5.41, 5.74) is 8.11. The predicted octanol–water partition coefficient (Wildman–Crippen LogP) is 8.37. The van der Waals surface area contributed by atoms with Crippen molar-refractivity contribution in [2.75, 3.05) is 6.26 Å². The molecule has 0 radical (unpaired) electrons. The van der Waals surface area contributed by atoms with Crippen LogP contribution >= 0.6 is 0 Å². The second-order valence-corrected chi connectivity index (χ2v) is 21.3. The second-order valence-electron chi connectivity index (χ2n) is 14.9. The van der Waals surface area contributed by atoms with Gasteiger partial charge in [-0.1, -0.05) is 78.8 Å². The molecule has 8 heteroatoms. The van der Waals surface area contributed by atoms with Crippen molar-refractivity contribution >= 4 is 24.0 Å². The van der Waals surface area contributed by atoms with Crippen molar-refractivity contribution in [2.45, 2.75) is 123 Å². The Morgan fingerprint density at radius 1 is 1.14 bits per heavy atom. The van der Waals surface area contributed by atoms with Gasteiger partial charge in [-0.3, -0.25) is 9.17 Å². The van der Waals surface area contributed by atoms with Crippen molar-refractivity contribution in [3.8, 4) is 0 Å². The number of fused-ring (bicyclic) bond motifs is 1. The highest BCUT2D eigenvalue weighted by Crippen LogP contribution is 2.52. The summed E-state index contributed by atoms with van der Waals surface area (Å²) in [6, 6.07) is 7.39. The van der Waals surface area contributed by atoms with E-state index in [0.29, 0.717) is 0 Å². The quantitative estimate of drug-likeness (QED) is 0.226. The maximum absolute atomic E-state index is 12.1. The lowest BCUT2D eigenvalue weighted by Gasteiger charge is -2.45. The van der Waals surface area contributed by atoms with Crippen LogP contribution in [0, 0.1) is 5.41 Å². The average molecular weight is 614 g/mol. The third kappa shape index (κ3) is 7.26. The molecule has 2 aromatic rings. The van der Waals surface area contributed by atoms with Gasteiger partial charge in [0, 0.05) is 22.5 Å². The molecular weight excluding hydrogens is 563 g/mol. The van der Waals surface area contributed by atoms with Crippen molar-refractivity contribution in [3.63, 3.8) is 0 Å². The highest BCUT2D eigenvalue weighted by Gasteiger charge is 2.45. The Balaban J connectivity index is 1.91. The minimum Gasteiger partial charge on any atom is -0.410 e. The van der Waals surface area contributed by atoms with Gasteiger partial charge in [0.15, 0.2) is 8.32 Å². The fourth-order valence-corrected chi connectivity index (χ4v) is 7.64. The molecule has 42 heavy (non-hydrogen) atoms. The summed E-state index contributed by atoms with van der Waals surface area (Å²) in [6.45, 7) is 20.4. The Hall–Kier alpha value is -1.84. The van der Waals surface area contributed by atoms with Crippen LogP contribution in [-0.4, -0.2) is 33.1 Å².